The molecule has 0 radical (unpaired) electrons. The molecular weight excluding hydrogens is 369 g/mol. The largest absolute Gasteiger partial charge is 0.479 e. The summed E-state index contributed by atoms with van der Waals surface area (Å²) < 4.78 is 44.4. The molecule has 7 heteroatoms. The first-order valence-corrected chi connectivity index (χ1v) is 8.33. The SMILES string of the molecule is O=C(NCC#CCOc1cccc2cccnc12)c1ccccc1C(F)(F)F. The van der Waals surface area contributed by atoms with Crippen LogP contribution in [0.4, 0.5) is 13.2 Å². The van der Waals surface area contributed by atoms with E-state index in [9.17, 15) is 18.0 Å². The average molecular weight is 384 g/mol. The van der Waals surface area contributed by atoms with Gasteiger partial charge in [0, 0.05) is 11.6 Å². The Morgan fingerprint density at radius 1 is 1.04 bits per heavy atom. The Bertz CT molecular complexity index is 1050. The maximum atomic E-state index is 12.9. The Hall–Kier alpha value is -3.53. The second kappa shape index (κ2) is 8.44. The molecule has 4 nitrogen and oxygen atoms in total. The van der Waals surface area contributed by atoms with E-state index in [2.05, 4.69) is 22.1 Å². The summed E-state index contributed by atoms with van der Waals surface area (Å²) >= 11 is 0. The van der Waals surface area contributed by atoms with E-state index < -0.39 is 23.2 Å². The van der Waals surface area contributed by atoms with Gasteiger partial charge in [-0.25, -0.2) is 0 Å². The highest BCUT2D eigenvalue weighted by molar-refractivity contribution is 5.96. The quantitative estimate of drug-likeness (QED) is 0.690. The maximum absolute atomic E-state index is 12.9. The number of amides is 1. The minimum Gasteiger partial charge on any atom is -0.479 e. The van der Waals surface area contributed by atoms with E-state index in [0.29, 0.717) is 11.3 Å². The molecule has 1 aromatic heterocycles. The number of carbonyl (C=O) groups is 1. The van der Waals surface area contributed by atoms with Gasteiger partial charge in [-0.15, -0.1) is 0 Å². The molecule has 0 aliphatic heterocycles. The van der Waals surface area contributed by atoms with Crippen LogP contribution in [0.3, 0.4) is 0 Å². The molecule has 142 valence electrons. The van der Waals surface area contributed by atoms with Gasteiger partial charge in [-0.1, -0.05) is 42.2 Å². The molecule has 1 N–H and O–H groups in total. The third-order valence-corrected chi connectivity index (χ3v) is 3.83. The Kier molecular flexibility index (Phi) is 5.80. The number of alkyl halides is 3. The number of para-hydroxylation sites is 1. The molecule has 0 saturated carbocycles. The number of nitrogens with one attached hydrogen (secondary N) is 1. The Balaban J connectivity index is 1.56. The molecule has 28 heavy (non-hydrogen) atoms. The third-order valence-electron chi connectivity index (χ3n) is 3.83. The van der Waals surface area contributed by atoms with E-state index in [0.717, 1.165) is 17.5 Å². The number of hydrogen-bond acceptors (Lipinski definition) is 3. The fourth-order valence-electron chi connectivity index (χ4n) is 2.57. The van der Waals surface area contributed by atoms with Gasteiger partial charge in [0.2, 0.25) is 0 Å². The highest BCUT2D eigenvalue weighted by atomic mass is 19.4. The van der Waals surface area contributed by atoms with Crippen LogP contribution in [0.25, 0.3) is 10.9 Å². The number of halogens is 3. The summed E-state index contributed by atoms with van der Waals surface area (Å²) in [5.41, 5.74) is -0.703. The molecule has 1 amide bonds. The van der Waals surface area contributed by atoms with Crippen LogP contribution < -0.4 is 10.1 Å². The van der Waals surface area contributed by atoms with Gasteiger partial charge in [0.1, 0.15) is 17.9 Å². The molecule has 1 heterocycles. The van der Waals surface area contributed by atoms with E-state index in [-0.39, 0.29) is 13.2 Å². The zero-order valence-corrected chi connectivity index (χ0v) is 14.6. The predicted octanol–water partition coefficient (Wildman–Crippen LogP) is 4.07. The number of carbonyl (C=O) groups excluding carboxylic acids is 1. The van der Waals surface area contributed by atoms with Gasteiger partial charge < -0.3 is 10.1 Å². The van der Waals surface area contributed by atoms with Crippen LogP contribution in [0, 0.1) is 11.8 Å². The predicted molar refractivity (Wildman–Crippen MR) is 98.8 cm³/mol. The zero-order valence-electron chi connectivity index (χ0n) is 14.6. The van der Waals surface area contributed by atoms with Crippen molar-refractivity contribution in [2.75, 3.05) is 13.2 Å². The van der Waals surface area contributed by atoms with Crippen molar-refractivity contribution in [2.24, 2.45) is 0 Å². The first kappa shape index (κ1) is 19.2. The molecular formula is C21H15F3N2O2. The minimum absolute atomic E-state index is 0.0602. The second-order valence-electron chi connectivity index (χ2n) is 5.70. The van der Waals surface area contributed by atoms with Crippen molar-refractivity contribution >= 4 is 16.8 Å². The summed E-state index contributed by atoms with van der Waals surface area (Å²) in [5, 5.41) is 3.29. The topological polar surface area (TPSA) is 51.2 Å². The summed E-state index contributed by atoms with van der Waals surface area (Å²) in [5.74, 6) is 5.11. The number of pyridine rings is 1. The van der Waals surface area contributed by atoms with Gasteiger partial charge in [0.25, 0.3) is 5.91 Å². The number of fused-ring (bicyclic) bond motifs is 1. The van der Waals surface area contributed by atoms with Crippen LogP contribution in [0.5, 0.6) is 5.75 Å². The summed E-state index contributed by atoms with van der Waals surface area (Å²) in [4.78, 5) is 16.3. The van der Waals surface area contributed by atoms with Gasteiger partial charge in [-0.3, -0.25) is 9.78 Å². The maximum Gasteiger partial charge on any atom is 0.417 e. The summed E-state index contributed by atoms with van der Waals surface area (Å²) in [7, 11) is 0. The lowest BCUT2D eigenvalue weighted by atomic mass is 10.1. The lowest BCUT2D eigenvalue weighted by Crippen LogP contribution is -2.26. The van der Waals surface area contributed by atoms with Crippen molar-refractivity contribution in [2.45, 2.75) is 6.18 Å². The summed E-state index contributed by atoms with van der Waals surface area (Å²) in [6.45, 7) is -0.0349. The number of rotatable bonds is 4. The highest BCUT2D eigenvalue weighted by Gasteiger charge is 2.34. The Labute approximate surface area is 159 Å². The van der Waals surface area contributed by atoms with Gasteiger partial charge >= 0.3 is 6.18 Å². The van der Waals surface area contributed by atoms with Crippen LogP contribution in [0.15, 0.2) is 60.8 Å². The highest BCUT2D eigenvalue weighted by Crippen LogP contribution is 2.31. The van der Waals surface area contributed by atoms with E-state index >= 15 is 0 Å². The molecule has 0 aliphatic carbocycles. The van der Waals surface area contributed by atoms with Crippen molar-refractivity contribution in [3.63, 3.8) is 0 Å². The first-order chi connectivity index (χ1) is 13.5. The van der Waals surface area contributed by atoms with Crippen molar-refractivity contribution < 1.29 is 22.7 Å². The van der Waals surface area contributed by atoms with Crippen LogP contribution in [0.1, 0.15) is 15.9 Å². The first-order valence-electron chi connectivity index (χ1n) is 8.33. The fraction of sp³-hybridized carbons (Fsp3) is 0.143. The van der Waals surface area contributed by atoms with Crippen LogP contribution >= 0.6 is 0 Å². The standard InChI is InChI=1S/C21H15F3N2O2/c22-21(23,24)17-10-2-1-9-16(17)20(27)26-12-3-4-14-28-18-11-5-7-15-8-6-13-25-19(15)18/h1-2,5-11,13H,12,14H2,(H,26,27). The van der Waals surface area contributed by atoms with E-state index in [1.54, 1.807) is 12.3 Å². The molecule has 3 rings (SSSR count). The van der Waals surface area contributed by atoms with Crippen LogP contribution in [-0.4, -0.2) is 24.0 Å². The van der Waals surface area contributed by atoms with Gasteiger partial charge in [-0.05, 0) is 24.3 Å². The second-order valence-corrected chi connectivity index (χ2v) is 5.70. The fourth-order valence-corrected chi connectivity index (χ4v) is 2.57. The molecule has 0 fully saturated rings. The molecule has 0 bridgehead atoms. The normalized spacial score (nSPS) is 10.8. The van der Waals surface area contributed by atoms with Crippen molar-refractivity contribution in [1.29, 1.82) is 0 Å². The van der Waals surface area contributed by atoms with Gasteiger partial charge in [0.05, 0.1) is 17.7 Å². The zero-order chi connectivity index (χ0) is 20.0. The molecule has 0 spiro atoms. The number of aromatic nitrogens is 1. The molecule has 0 unspecified atom stereocenters. The van der Waals surface area contributed by atoms with E-state index in [1.165, 1.54) is 12.1 Å². The third kappa shape index (κ3) is 4.60. The Morgan fingerprint density at radius 3 is 2.64 bits per heavy atom. The number of benzene rings is 2. The van der Waals surface area contributed by atoms with Crippen molar-refractivity contribution in [3.05, 3.63) is 71.9 Å². The molecule has 0 saturated heterocycles. The lowest BCUT2D eigenvalue weighted by molar-refractivity contribution is -0.137. The molecule has 0 aliphatic rings. The summed E-state index contributed by atoms with van der Waals surface area (Å²) in [6.07, 6.45) is -2.94. The van der Waals surface area contributed by atoms with Crippen molar-refractivity contribution in [3.8, 4) is 17.6 Å². The smallest absolute Gasteiger partial charge is 0.417 e. The number of nitrogens with zero attached hydrogens (tertiary/aromatic N) is 1. The summed E-state index contributed by atoms with van der Waals surface area (Å²) in [6, 6.07) is 13.9. The van der Waals surface area contributed by atoms with Crippen LogP contribution in [0.2, 0.25) is 0 Å². The monoisotopic (exact) mass is 384 g/mol. The molecule has 3 aromatic rings. The van der Waals surface area contributed by atoms with Gasteiger partial charge in [-0.2, -0.15) is 13.2 Å². The van der Waals surface area contributed by atoms with E-state index in [1.807, 2.05) is 24.3 Å². The van der Waals surface area contributed by atoms with Crippen molar-refractivity contribution in [1.82, 2.24) is 10.3 Å². The average Bonchev–Trinajstić information content (AvgIpc) is 2.70. The number of ether oxygens (including phenoxy) is 1. The lowest BCUT2D eigenvalue weighted by Gasteiger charge is -2.11. The van der Waals surface area contributed by atoms with E-state index in [4.69, 9.17) is 4.74 Å². The molecule has 0 atom stereocenters. The number of hydrogen-bond donors (Lipinski definition) is 1. The van der Waals surface area contributed by atoms with Gasteiger partial charge in [0.15, 0.2) is 0 Å². The molecule has 2 aromatic carbocycles. The van der Waals surface area contributed by atoms with Crippen LogP contribution in [-0.2, 0) is 6.18 Å². The minimum atomic E-state index is -4.60. The Morgan fingerprint density at radius 2 is 1.82 bits per heavy atom.